The second-order valence-electron chi connectivity index (χ2n) is 4.71. The van der Waals surface area contributed by atoms with Gasteiger partial charge in [0.1, 0.15) is 6.54 Å². The van der Waals surface area contributed by atoms with Crippen LogP contribution in [0.25, 0.3) is 0 Å². The van der Waals surface area contributed by atoms with Crippen molar-refractivity contribution < 1.29 is 14.3 Å². The van der Waals surface area contributed by atoms with E-state index in [4.69, 9.17) is 5.73 Å². The average Bonchev–Trinajstić information content (AvgIpc) is 2.88. The highest BCUT2D eigenvalue weighted by atomic mass is 16.5. The molecule has 22 heavy (non-hydrogen) atoms. The van der Waals surface area contributed by atoms with Gasteiger partial charge in [-0.3, -0.25) is 4.79 Å². The van der Waals surface area contributed by atoms with E-state index < -0.39 is 5.97 Å². The van der Waals surface area contributed by atoms with Crippen LogP contribution < -0.4 is 5.73 Å². The molecule has 0 atom stereocenters. The fourth-order valence-electron chi connectivity index (χ4n) is 1.87. The van der Waals surface area contributed by atoms with Gasteiger partial charge in [0.05, 0.1) is 7.11 Å². The van der Waals surface area contributed by atoms with Crippen LogP contribution in [0.5, 0.6) is 0 Å². The molecule has 2 N–H and O–H groups in total. The number of ether oxygens (including phenoxy) is 1. The molecule has 116 valence electrons. The maximum Gasteiger partial charge on any atom is 0.362 e. The Morgan fingerprint density at radius 3 is 2.64 bits per heavy atom. The molecule has 0 spiro atoms. The zero-order valence-electron chi connectivity index (χ0n) is 12.4. The minimum atomic E-state index is -0.686. The Balaban J connectivity index is 2.03. The van der Waals surface area contributed by atoms with Crippen LogP contribution in [0.15, 0.2) is 30.3 Å². The molecule has 0 saturated carbocycles. The van der Waals surface area contributed by atoms with Gasteiger partial charge >= 0.3 is 5.97 Å². The average molecular weight is 303 g/mol. The molecular formula is C14H17N5O3. The van der Waals surface area contributed by atoms with Gasteiger partial charge < -0.3 is 15.4 Å². The lowest BCUT2D eigenvalue weighted by Gasteiger charge is -2.17. The molecule has 1 aromatic carbocycles. The van der Waals surface area contributed by atoms with Crippen molar-refractivity contribution >= 4 is 17.7 Å². The highest BCUT2D eigenvalue weighted by Gasteiger charge is 2.20. The molecule has 2 rings (SSSR count). The Bertz CT molecular complexity index is 668. The van der Waals surface area contributed by atoms with Gasteiger partial charge in [-0.2, -0.15) is 0 Å². The number of rotatable bonds is 5. The third-order valence-corrected chi connectivity index (χ3v) is 3.13. The minimum absolute atomic E-state index is 0.00770. The molecule has 1 aromatic heterocycles. The Labute approximate surface area is 127 Å². The first-order valence-corrected chi connectivity index (χ1v) is 6.58. The molecule has 1 heterocycles. The summed E-state index contributed by atoms with van der Waals surface area (Å²) in [6, 6.07) is 9.60. The van der Waals surface area contributed by atoms with E-state index in [0.717, 1.165) is 5.56 Å². The molecule has 0 aliphatic rings. The van der Waals surface area contributed by atoms with Crippen LogP contribution in [0, 0.1) is 0 Å². The highest BCUT2D eigenvalue weighted by Crippen LogP contribution is 2.10. The van der Waals surface area contributed by atoms with E-state index >= 15 is 0 Å². The van der Waals surface area contributed by atoms with E-state index in [2.05, 4.69) is 15.0 Å². The first kappa shape index (κ1) is 15.5. The Morgan fingerprint density at radius 1 is 1.32 bits per heavy atom. The van der Waals surface area contributed by atoms with Crippen molar-refractivity contribution in [1.82, 2.24) is 19.9 Å². The SMILES string of the molecule is COC(=O)c1nnn(CC(=O)N(C)Cc2ccccc2)c1N. The van der Waals surface area contributed by atoms with E-state index in [1.54, 1.807) is 11.9 Å². The van der Waals surface area contributed by atoms with Gasteiger partial charge in [-0.05, 0) is 5.56 Å². The zero-order chi connectivity index (χ0) is 16.1. The summed E-state index contributed by atoms with van der Waals surface area (Å²) >= 11 is 0. The summed E-state index contributed by atoms with van der Waals surface area (Å²) in [5.41, 5.74) is 6.66. The van der Waals surface area contributed by atoms with Crippen LogP contribution in [0.3, 0.4) is 0 Å². The van der Waals surface area contributed by atoms with Crippen LogP contribution >= 0.6 is 0 Å². The minimum Gasteiger partial charge on any atom is -0.464 e. The van der Waals surface area contributed by atoms with Gasteiger partial charge in [-0.25, -0.2) is 9.48 Å². The number of amides is 1. The van der Waals surface area contributed by atoms with Gasteiger partial charge in [0.15, 0.2) is 5.82 Å². The lowest BCUT2D eigenvalue weighted by Crippen LogP contribution is -2.30. The van der Waals surface area contributed by atoms with Gasteiger partial charge in [-0.1, -0.05) is 35.5 Å². The number of carbonyl (C=O) groups is 2. The number of nitrogens with two attached hydrogens (primary N) is 1. The fraction of sp³-hybridized carbons (Fsp3) is 0.286. The summed E-state index contributed by atoms with van der Waals surface area (Å²) in [6.07, 6.45) is 0. The Morgan fingerprint density at radius 2 is 2.00 bits per heavy atom. The Kier molecular flexibility index (Phi) is 4.72. The second kappa shape index (κ2) is 6.70. The van der Waals surface area contributed by atoms with Crippen molar-refractivity contribution in [3.05, 3.63) is 41.6 Å². The molecule has 0 aliphatic carbocycles. The molecule has 8 nitrogen and oxygen atoms in total. The standard InChI is InChI=1S/C14H17N5O3/c1-18(8-10-6-4-3-5-7-10)11(20)9-19-13(15)12(16-17-19)14(21)22-2/h3-7H,8-9,15H2,1-2H3. The molecule has 2 aromatic rings. The normalized spacial score (nSPS) is 10.3. The molecule has 0 radical (unpaired) electrons. The second-order valence-corrected chi connectivity index (χ2v) is 4.71. The summed E-state index contributed by atoms with van der Waals surface area (Å²) < 4.78 is 5.71. The van der Waals surface area contributed by atoms with Crippen molar-refractivity contribution in [1.29, 1.82) is 0 Å². The summed E-state index contributed by atoms with van der Waals surface area (Å²) in [4.78, 5) is 25.1. The number of likely N-dealkylation sites (N-methyl/N-ethyl adjacent to an activating group) is 1. The monoisotopic (exact) mass is 303 g/mol. The maximum absolute atomic E-state index is 12.2. The quantitative estimate of drug-likeness (QED) is 0.797. The van der Waals surface area contributed by atoms with E-state index in [9.17, 15) is 9.59 Å². The van der Waals surface area contributed by atoms with Crippen molar-refractivity contribution in [2.75, 3.05) is 19.9 Å². The van der Waals surface area contributed by atoms with E-state index in [0.29, 0.717) is 6.54 Å². The molecule has 0 bridgehead atoms. The van der Waals surface area contributed by atoms with Gasteiger partial charge in [-0.15, -0.1) is 5.10 Å². The van der Waals surface area contributed by atoms with Crippen molar-refractivity contribution in [2.45, 2.75) is 13.1 Å². The smallest absolute Gasteiger partial charge is 0.362 e. The largest absolute Gasteiger partial charge is 0.464 e. The van der Waals surface area contributed by atoms with Crippen LogP contribution in [-0.4, -0.2) is 45.9 Å². The molecule has 0 unspecified atom stereocenters. The van der Waals surface area contributed by atoms with Crippen molar-refractivity contribution in [3.8, 4) is 0 Å². The Hall–Kier alpha value is -2.90. The molecular weight excluding hydrogens is 286 g/mol. The maximum atomic E-state index is 12.2. The summed E-state index contributed by atoms with van der Waals surface area (Å²) in [7, 11) is 2.91. The van der Waals surface area contributed by atoms with Crippen LogP contribution in [0.2, 0.25) is 0 Å². The number of nitrogens with zero attached hydrogens (tertiary/aromatic N) is 4. The van der Waals surface area contributed by atoms with Crippen LogP contribution in [0.1, 0.15) is 16.1 Å². The van der Waals surface area contributed by atoms with E-state index in [1.807, 2.05) is 30.3 Å². The first-order chi connectivity index (χ1) is 10.5. The van der Waals surface area contributed by atoms with Crippen molar-refractivity contribution in [3.63, 3.8) is 0 Å². The highest BCUT2D eigenvalue weighted by molar-refractivity contribution is 5.92. The number of hydrogen-bond acceptors (Lipinski definition) is 6. The molecule has 8 heteroatoms. The summed E-state index contributed by atoms with van der Waals surface area (Å²) in [5, 5.41) is 7.33. The fourth-order valence-corrected chi connectivity index (χ4v) is 1.87. The van der Waals surface area contributed by atoms with Crippen LogP contribution in [-0.2, 0) is 22.6 Å². The number of benzene rings is 1. The van der Waals surface area contributed by atoms with Gasteiger partial charge in [0.25, 0.3) is 0 Å². The number of methoxy groups -OCH3 is 1. The molecule has 1 amide bonds. The van der Waals surface area contributed by atoms with Crippen LogP contribution in [0.4, 0.5) is 5.82 Å². The summed E-state index contributed by atoms with van der Waals surface area (Å²) in [5.74, 6) is -0.876. The van der Waals surface area contributed by atoms with Crippen molar-refractivity contribution in [2.24, 2.45) is 0 Å². The third kappa shape index (κ3) is 3.40. The topological polar surface area (TPSA) is 103 Å². The number of anilines is 1. The first-order valence-electron chi connectivity index (χ1n) is 6.58. The number of carbonyl (C=O) groups excluding carboxylic acids is 2. The van der Waals surface area contributed by atoms with E-state index in [-0.39, 0.29) is 24.0 Å². The molecule has 0 fully saturated rings. The lowest BCUT2D eigenvalue weighted by molar-refractivity contribution is -0.131. The summed E-state index contributed by atoms with van der Waals surface area (Å²) in [6.45, 7) is 0.372. The third-order valence-electron chi connectivity index (χ3n) is 3.13. The van der Waals surface area contributed by atoms with Gasteiger partial charge in [0.2, 0.25) is 11.6 Å². The molecule has 0 aliphatic heterocycles. The number of hydrogen-bond donors (Lipinski definition) is 1. The lowest BCUT2D eigenvalue weighted by atomic mass is 10.2. The number of aromatic nitrogens is 3. The van der Waals surface area contributed by atoms with Gasteiger partial charge in [0, 0.05) is 13.6 Å². The molecule has 0 saturated heterocycles. The number of nitrogen functional groups attached to an aromatic ring is 1. The number of esters is 1. The predicted octanol–water partition coefficient (Wildman–Crippen LogP) is 0.305. The predicted molar refractivity (Wildman–Crippen MR) is 78.7 cm³/mol. The van der Waals surface area contributed by atoms with E-state index in [1.165, 1.54) is 11.8 Å². The zero-order valence-corrected chi connectivity index (χ0v) is 12.4.